The van der Waals surface area contributed by atoms with Crippen molar-refractivity contribution in [3.8, 4) is 0 Å². The van der Waals surface area contributed by atoms with E-state index in [-0.39, 0.29) is 18.1 Å². The van der Waals surface area contributed by atoms with E-state index >= 15 is 0 Å². The second-order valence-electron chi connectivity index (χ2n) is 6.27. The summed E-state index contributed by atoms with van der Waals surface area (Å²) < 4.78 is 5.71. The number of amides is 1. The Morgan fingerprint density at radius 2 is 2.00 bits per heavy atom. The summed E-state index contributed by atoms with van der Waals surface area (Å²) in [5.74, 6) is -1.74. The van der Waals surface area contributed by atoms with Gasteiger partial charge in [-0.2, -0.15) is 0 Å². The van der Waals surface area contributed by atoms with Gasteiger partial charge in [0, 0.05) is 6.42 Å². The molecule has 0 bridgehead atoms. The molecule has 5 nitrogen and oxygen atoms in total. The second kappa shape index (κ2) is 8.11. The van der Waals surface area contributed by atoms with Crippen molar-refractivity contribution in [2.45, 2.75) is 57.8 Å². The molecule has 1 saturated heterocycles. The summed E-state index contributed by atoms with van der Waals surface area (Å²) in [6.45, 7) is 3.65. The Bertz CT molecular complexity index is 531. The molecule has 1 amide bonds. The van der Waals surface area contributed by atoms with Gasteiger partial charge in [-0.05, 0) is 38.7 Å². The average molecular weight is 319 g/mol. The van der Waals surface area contributed by atoms with Crippen LogP contribution in [0.15, 0.2) is 30.3 Å². The first kappa shape index (κ1) is 17.5. The maximum atomic E-state index is 12.2. The van der Waals surface area contributed by atoms with Crippen LogP contribution in [0.25, 0.3) is 0 Å². The molecule has 0 aliphatic carbocycles. The molecule has 0 unspecified atom stereocenters. The minimum Gasteiger partial charge on any atom is -0.481 e. The van der Waals surface area contributed by atoms with Crippen molar-refractivity contribution in [2.75, 3.05) is 0 Å². The standard InChI is InChI=1S/C18H25NO4/c1-12-8-9-15(23-12)10-11-16(20)19-17(13(2)18(21)22)14-6-4-3-5-7-14/h3-7,12-13,15,17H,8-11H2,1-2H3,(H,19,20)(H,21,22)/t12-,13+,15-,17+/m1/s1. The number of nitrogens with one attached hydrogen (secondary N) is 1. The third-order valence-corrected chi connectivity index (χ3v) is 4.38. The number of carboxylic acids is 1. The molecule has 5 heteroatoms. The van der Waals surface area contributed by atoms with Gasteiger partial charge >= 0.3 is 5.97 Å². The Hall–Kier alpha value is -1.88. The first-order chi connectivity index (χ1) is 11.0. The van der Waals surface area contributed by atoms with Crippen molar-refractivity contribution in [1.29, 1.82) is 0 Å². The second-order valence-corrected chi connectivity index (χ2v) is 6.27. The number of hydrogen-bond donors (Lipinski definition) is 2. The topological polar surface area (TPSA) is 75.6 Å². The predicted octanol–water partition coefficient (Wildman–Crippen LogP) is 2.91. The Labute approximate surface area is 137 Å². The highest BCUT2D eigenvalue weighted by Gasteiger charge is 2.27. The summed E-state index contributed by atoms with van der Waals surface area (Å²) in [6.07, 6.45) is 3.47. The van der Waals surface area contributed by atoms with Gasteiger partial charge in [-0.25, -0.2) is 0 Å². The molecule has 1 aromatic rings. The van der Waals surface area contributed by atoms with Crippen LogP contribution in [-0.2, 0) is 14.3 Å². The molecular weight excluding hydrogens is 294 g/mol. The molecule has 0 saturated carbocycles. The Morgan fingerprint density at radius 3 is 2.57 bits per heavy atom. The normalized spacial score (nSPS) is 23.2. The van der Waals surface area contributed by atoms with Gasteiger partial charge in [0.05, 0.1) is 24.2 Å². The quantitative estimate of drug-likeness (QED) is 0.810. The van der Waals surface area contributed by atoms with Crippen molar-refractivity contribution in [2.24, 2.45) is 5.92 Å². The Balaban J connectivity index is 1.94. The van der Waals surface area contributed by atoms with Crippen LogP contribution in [0.4, 0.5) is 0 Å². The van der Waals surface area contributed by atoms with E-state index in [4.69, 9.17) is 4.74 Å². The molecule has 1 aliphatic rings. The third kappa shape index (κ3) is 5.06. The van der Waals surface area contributed by atoms with Gasteiger partial charge in [0.25, 0.3) is 0 Å². The summed E-state index contributed by atoms with van der Waals surface area (Å²) in [4.78, 5) is 23.6. The number of rotatable bonds is 7. The number of aliphatic carboxylic acids is 1. The minimum atomic E-state index is -0.924. The minimum absolute atomic E-state index is 0.130. The van der Waals surface area contributed by atoms with E-state index in [1.165, 1.54) is 0 Å². The number of ether oxygens (including phenoxy) is 1. The maximum absolute atomic E-state index is 12.2. The Kier molecular flexibility index (Phi) is 6.16. The molecular formula is C18H25NO4. The van der Waals surface area contributed by atoms with Gasteiger partial charge < -0.3 is 15.2 Å². The SMILES string of the molecule is C[C@@H]1CC[C@H](CCC(=O)N[C@H](c2ccccc2)[C@H](C)C(=O)O)O1. The van der Waals surface area contributed by atoms with Crippen molar-refractivity contribution in [3.63, 3.8) is 0 Å². The highest BCUT2D eigenvalue weighted by molar-refractivity contribution is 5.78. The fourth-order valence-corrected chi connectivity index (χ4v) is 2.94. The number of hydrogen-bond acceptors (Lipinski definition) is 3. The van der Waals surface area contributed by atoms with Crippen molar-refractivity contribution >= 4 is 11.9 Å². The molecule has 1 fully saturated rings. The van der Waals surface area contributed by atoms with E-state index in [0.717, 1.165) is 18.4 Å². The van der Waals surface area contributed by atoms with Gasteiger partial charge in [-0.15, -0.1) is 0 Å². The summed E-state index contributed by atoms with van der Waals surface area (Å²) >= 11 is 0. The lowest BCUT2D eigenvalue weighted by Gasteiger charge is -2.23. The molecule has 126 valence electrons. The fourth-order valence-electron chi connectivity index (χ4n) is 2.94. The van der Waals surface area contributed by atoms with Crippen LogP contribution in [0.5, 0.6) is 0 Å². The summed E-state index contributed by atoms with van der Waals surface area (Å²) in [5, 5.41) is 12.2. The van der Waals surface area contributed by atoms with Crippen LogP contribution < -0.4 is 5.32 Å². The largest absolute Gasteiger partial charge is 0.481 e. The number of carboxylic acid groups (broad SMARTS) is 1. The zero-order chi connectivity index (χ0) is 16.8. The summed E-state index contributed by atoms with van der Waals surface area (Å²) in [6, 6.07) is 8.71. The number of carbonyl (C=O) groups excluding carboxylic acids is 1. The molecule has 0 radical (unpaired) electrons. The first-order valence-electron chi connectivity index (χ1n) is 8.20. The number of benzene rings is 1. The monoisotopic (exact) mass is 319 g/mol. The van der Waals surface area contributed by atoms with Crippen LogP contribution >= 0.6 is 0 Å². The molecule has 23 heavy (non-hydrogen) atoms. The zero-order valence-electron chi connectivity index (χ0n) is 13.7. The molecule has 0 aromatic heterocycles. The van der Waals surface area contributed by atoms with E-state index < -0.39 is 17.9 Å². The van der Waals surface area contributed by atoms with Gasteiger partial charge in [0.1, 0.15) is 0 Å². The van der Waals surface area contributed by atoms with E-state index in [1.807, 2.05) is 37.3 Å². The highest BCUT2D eigenvalue weighted by atomic mass is 16.5. The van der Waals surface area contributed by atoms with Crippen LogP contribution in [0, 0.1) is 5.92 Å². The first-order valence-corrected chi connectivity index (χ1v) is 8.20. The maximum Gasteiger partial charge on any atom is 0.308 e. The molecule has 2 N–H and O–H groups in total. The van der Waals surface area contributed by atoms with Crippen molar-refractivity contribution in [1.82, 2.24) is 5.32 Å². The van der Waals surface area contributed by atoms with Gasteiger partial charge in [-0.1, -0.05) is 30.3 Å². The Morgan fingerprint density at radius 1 is 1.30 bits per heavy atom. The summed E-state index contributed by atoms with van der Waals surface area (Å²) in [7, 11) is 0. The molecule has 2 rings (SSSR count). The molecule has 1 heterocycles. The van der Waals surface area contributed by atoms with Crippen LogP contribution in [0.3, 0.4) is 0 Å². The lowest BCUT2D eigenvalue weighted by molar-refractivity contribution is -0.142. The van der Waals surface area contributed by atoms with Crippen molar-refractivity contribution in [3.05, 3.63) is 35.9 Å². The zero-order valence-corrected chi connectivity index (χ0v) is 13.7. The van der Waals surface area contributed by atoms with Gasteiger partial charge in [0.2, 0.25) is 5.91 Å². The van der Waals surface area contributed by atoms with E-state index in [9.17, 15) is 14.7 Å². The van der Waals surface area contributed by atoms with E-state index in [2.05, 4.69) is 5.32 Å². The molecule has 4 atom stereocenters. The lowest BCUT2D eigenvalue weighted by atomic mass is 9.94. The average Bonchev–Trinajstić information content (AvgIpc) is 2.96. The molecule has 1 aromatic carbocycles. The van der Waals surface area contributed by atoms with E-state index in [0.29, 0.717) is 12.8 Å². The molecule has 1 aliphatic heterocycles. The van der Waals surface area contributed by atoms with Crippen LogP contribution in [-0.4, -0.2) is 29.2 Å². The highest BCUT2D eigenvalue weighted by Crippen LogP contribution is 2.24. The van der Waals surface area contributed by atoms with Gasteiger partial charge in [-0.3, -0.25) is 9.59 Å². The fraction of sp³-hybridized carbons (Fsp3) is 0.556. The molecule has 0 spiro atoms. The van der Waals surface area contributed by atoms with E-state index in [1.54, 1.807) is 6.92 Å². The third-order valence-electron chi connectivity index (χ3n) is 4.38. The predicted molar refractivity (Wildman–Crippen MR) is 86.9 cm³/mol. The summed E-state index contributed by atoms with van der Waals surface area (Å²) in [5.41, 5.74) is 0.807. The smallest absolute Gasteiger partial charge is 0.308 e. The van der Waals surface area contributed by atoms with Crippen LogP contribution in [0.2, 0.25) is 0 Å². The number of carbonyl (C=O) groups is 2. The van der Waals surface area contributed by atoms with Crippen LogP contribution in [0.1, 0.15) is 51.1 Å². The van der Waals surface area contributed by atoms with Gasteiger partial charge in [0.15, 0.2) is 0 Å². The van der Waals surface area contributed by atoms with Crippen molar-refractivity contribution < 1.29 is 19.4 Å². The lowest BCUT2D eigenvalue weighted by Crippen LogP contribution is -2.35.